The maximum atomic E-state index is 12.5. The summed E-state index contributed by atoms with van der Waals surface area (Å²) < 4.78 is 18.0. The molecule has 0 unspecified atom stereocenters. The smallest absolute Gasteiger partial charge is 0.123 e. The van der Waals surface area contributed by atoms with Gasteiger partial charge in [0.15, 0.2) is 0 Å². The molecule has 0 aliphatic heterocycles. The zero-order valence-electron chi connectivity index (χ0n) is 7.82. The first-order valence-corrected chi connectivity index (χ1v) is 4.80. The van der Waals surface area contributed by atoms with Crippen LogP contribution < -0.4 is 4.74 Å². The summed E-state index contributed by atoms with van der Waals surface area (Å²) in [5.74, 6) is 0.888. The van der Waals surface area contributed by atoms with Gasteiger partial charge in [0.2, 0.25) is 0 Å². The number of ether oxygens (including phenoxy) is 1. The molecule has 0 saturated heterocycles. The molecule has 1 N–H and O–H groups in total. The largest absolute Gasteiger partial charge is 0.493 e. The Morgan fingerprint density at radius 1 is 1.29 bits per heavy atom. The Morgan fingerprint density at radius 2 is 1.93 bits per heavy atom. The quantitative estimate of drug-likeness (QED) is 0.801. The van der Waals surface area contributed by atoms with E-state index in [4.69, 9.17) is 9.84 Å². The van der Waals surface area contributed by atoms with Crippen LogP contribution in [0.15, 0.2) is 24.3 Å². The van der Waals surface area contributed by atoms with Crippen LogP contribution in [-0.4, -0.2) is 17.8 Å². The van der Waals surface area contributed by atoms with E-state index in [1.54, 1.807) is 12.1 Å². The van der Waals surface area contributed by atoms with Gasteiger partial charge in [0.25, 0.3) is 0 Å². The van der Waals surface area contributed by atoms with Crippen LogP contribution in [0, 0.1) is 11.7 Å². The molecule has 0 spiro atoms. The minimum absolute atomic E-state index is 0.142. The van der Waals surface area contributed by atoms with E-state index in [9.17, 15) is 4.39 Å². The van der Waals surface area contributed by atoms with Gasteiger partial charge in [-0.25, -0.2) is 4.39 Å². The Morgan fingerprint density at radius 3 is 2.50 bits per heavy atom. The van der Waals surface area contributed by atoms with Crippen LogP contribution in [0.2, 0.25) is 0 Å². The molecular formula is C11H13FO2. The van der Waals surface area contributed by atoms with E-state index >= 15 is 0 Å². The SMILES string of the molecule is O[C@H]1C[C@@H](COc2ccc(F)cc2)C1. The second kappa shape index (κ2) is 3.96. The van der Waals surface area contributed by atoms with Crippen molar-refractivity contribution in [3.8, 4) is 5.75 Å². The van der Waals surface area contributed by atoms with Crippen molar-refractivity contribution in [3.05, 3.63) is 30.1 Å². The van der Waals surface area contributed by atoms with Gasteiger partial charge in [-0.15, -0.1) is 0 Å². The number of hydrogen-bond acceptors (Lipinski definition) is 2. The Balaban J connectivity index is 1.78. The molecule has 76 valence electrons. The average Bonchev–Trinajstić information content (AvgIpc) is 2.13. The van der Waals surface area contributed by atoms with Gasteiger partial charge in [-0.3, -0.25) is 0 Å². The first kappa shape index (κ1) is 9.46. The van der Waals surface area contributed by atoms with Crippen LogP contribution >= 0.6 is 0 Å². The molecular weight excluding hydrogens is 183 g/mol. The highest BCUT2D eigenvalue weighted by Crippen LogP contribution is 2.27. The van der Waals surface area contributed by atoms with E-state index in [1.807, 2.05) is 0 Å². The lowest BCUT2D eigenvalue weighted by atomic mass is 9.83. The van der Waals surface area contributed by atoms with Crippen molar-refractivity contribution in [1.82, 2.24) is 0 Å². The highest BCUT2D eigenvalue weighted by Gasteiger charge is 2.27. The van der Waals surface area contributed by atoms with Crippen molar-refractivity contribution >= 4 is 0 Å². The first-order chi connectivity index (χ1) is 6.74. The van der Waals surface area contributed by atoms with Gasteiger partial charge in [0, 0.05) is 0 Å². The third-order valence-electron chi connectivity index (χ3n) is 2.51. The normalized spacial score (nSPS) is 25.6. The van der Waals surface area contributed by atoms with Gasteiger partial charge in [-0.2, -0.15) is 0 Å². The summed E-state index contributed by atoms with van der Waals surface area (Å²) in [5, 5.41) is 9.05. The van der Waals surface area contributed by atoms with Crippen molar-refractivity contribution < 1.29 is 14.2 Å². The topological polar surface area (TPSA) is 29.5 Å². The lowest BCUT2D eigenvalue weighted by Gasteiger charge is -2.30. The molecule has 0 amide bonds. The summed E-state index contributed by atoms with van der Waals surface area (Å²) >= 11 is 0. The molecule has 3 heteroatoms. The molecule has 2 rings (SSSR count). The van der Waals surface area contributed by atoms with Crippen molar-refractivity contribution in [3.63, 3.8) is 0 Å². The third-order valence-corrected chi connectivity index (χ3v) is 2.51. The van der Waals surface area contributed by atoms with Gasteiger partial charge in [0.1, 0.15) is 11.6 Å². The second-order valence-corrected chi connectivity index (χ2v) is 3.76. The van der Waals surface area contributed by atoms with Crippen LogP contribution in [0.1, 0.15) is 12.8 Å². The number of benzene rings is 1. The molecule has 0 bridgehead atoms. The van der Waals surface area contributed by atoms with Crippen molar-refractivity contribution in [2.45, 2.75) is 18.9 Å². The molecule has 0 aromatic heterocycles. The maximum Gasteiger partial charge on any atom is 0.123 e. The van der Waals surface area contributed by atoms with Crippen molar-refractivity contribution in [2.24, 2.45) is 5.92 Å². The van der Waals surface area contributed by atoms with Crippen LogP contribution in [0.4, 0.5) is 4.39 Å². The Kier molecular flexibility index (Phi) is 2.68. The molecule has 1 aromatic carbocycles. The van der Waals surface area contributed by atoms with Crippen LogP contribution in [0.25, 0.3) is 0 Å². The number of rotatable bonds is 3. The summed E-state index contributed by atoms with van der Waals surface area (Å²) in [5.41, 5.74) is 0. The fourth-order valence-electron chi connectivity index (χ4n) is 1.58. The fraction of sp³-hybridized carbons (Fsp3) is 0.455. The third kappa shape index (κ3) is 2.23. The van der Waals surface area contributed by atoms with E-state index in [0.29, 0.717) is 18.3 Å². The molecule has 0 radical (unpaired) electrons. The number of aliphatic hydroxyl groups excluding tert-OH is 1. The van der Waals surface area contributed by atoms with E-state index < -0.39 is 0 Å². The predicted octanol–water partition coefficient (Wildman–Crippen LogP) is 1.98. The highest BCUT2D eigenvalue weighted by molar-refractivity contribution is 5.22. The van der Waals surface area contributed by atoms with E-state index in [-0.39, 0.29) is 11.9 Å². The maximum absolute atomic E-state index is 12.5. The molecule has 1 fully saturated rings. The number of halogens is 1. The molecule has 2 nitrogen and oxygen atoms in total. The summed E-state index contributed by atoms with van der Waals surface area (Å²) in [6, 6.07) is 5.99. The summed E-state index contributed by atoms with van der Waals surface area (Å²) in [6.07, 6.45) is 1.50. The van der Waals surface area contributed by atoms with Crippen LogP contribution in [0.5, 0.6) is 5.75 Å². The standard InChI is InChI=1S/C11H13FO2/c12-9-1-3-11(4-2-9)14-7-8-5-10(13)6-8/h1-4,8,10,13H,5-7H2/t8-,10+. The van der Waals surface area contributed by atoms with E-state index in [2.05, 4.69) is 0 Å². The van der Waals surface area contributed by atoms with Gasteiger partial charge in [-0.1, -0.05) is 0 Å². The number of hydrogen-bond donors (Lipinski definition) is 1. The Hall–Kier alpha value is -1.09. The van der Waals surface area contributed by atoms with E-state index in [1.165, 1.54) is 12.1 Å². The highest BCUT2D eigenvalue weighted by atomic mass is 19.1. The molecule has 1 aliphatic carbocycles. The minimum Gasteiger partial charge on any atom is -0.493 e. The molecule has 14 heavy (non-hydrogen) atoms. The summed E-state index contributed by atoms with van der Waals surface area (Å²) in [7, 11) is 0. The average molecular weight is 196 g/mol. The van der Waals surface area contributed by atoms with Gasteiger partial charge >= 0.3 is 0 Å². The summed E-state index contributed by atoms with van der Waals surface area (Å²) in [4.78, 5) is 0. The van der Waals surface area contributed by atoms with Gasteiger partial charge < -0.3 is 9.84 Å². The van der Waals surface area contributed by atoms with Crippen molar-refractivity contribution in [2.75, 3.05) is 6.61 Å². The lowest BCUT2D eigenvalue weighted by Crippen LogP contribution is -2.32. The summed E-state index contributed by atoms with van der Waals surface area (Å²) in [6.45, 7) is 0.614. The lowest BCUT2D eigenvalue weighted by molar-refractivity contribution is 0.0203. The zero-order valence-corrected chi connectivity index (χ0v) is 7.82. The molecule has 0 heterocycles. The molecule has 1 aromatic rings. The van der Waals surface area contributed by atoms with Gasteiger partial charge in [0.05, 0.1) is 12.7 Å². The predicted molar refractivity (Wildman–Crippen MR) is 50.6 cm³/mol. The minimum atomic E-state index is -0.253. The van der Waals surface area contributed by atoms with Crippen LogP contribution in [-0.2, 0) is 0 Å². The van der Waals surface area contributed by atoms with Crippen molar-refractivity contribution in [1.29, 1.82) is 0 Å². The Bertz CT molecular complexity index is 291. The molecule has 1 aliphatic rings. The monoisotopic (exact) mass is 196 g/mol. The second-order valence-electron chi connectivity index (χ2n) is 3.76. The Labute approximate surface area is 82.3 Å². The fourth-order valence-corrected chi connectivity index (χ4v) is 1.58. The van der Waals surface area contributed by atoms with Crippen LogP contribution in [0.3, 0.4) is 0 Å². The number of aliphatic hydroxyl groups is 1. The first-order valence-electron chi connectivity index (χ1n) is 4.80. The zero-order chi connectivity index (χ0) is 9.97. The molecule has 0 atom stereocenters. The van der Waals surface area contributed by atoms with E-state index in [0.717, 1.165) is 12.8 Å². The van der Waals surface area contributed by atoms with Gasteiger partial charge in [-0.05, 0) is 43.0 Å². The molecule has 1 saturated carbocycles.